The lowest BCUT2D eigenvalue weighted by atomic mass is 9.87. The Morgan fingerprint density at radius 1 is 1.04 bits per heavy atom. The Morgan fingerprint density at radius 2 is 1.72 bits per heavy atom. The van der Waals surface area contributed by atoms with E-state index in [4.69, 9.17) is 0 Å². The number of benzene rings is 2. The van der Waals surface area contributed by atoms with Gasteiger partial charge in [0.1, 0.15) is 0 Å². The standard InChI is InChI=1S/C21H27NO3/c1-15-5-7-16(8-6-15)9-12-22-13-10-17(11-14-22)20(24)18-3-2-4-19(23)21(18)25/h2-8,17,20,23-25H,9-14H2,1H3/t20-/m1/s1. The van der Waals surface area contributed by atoms with Crippen LogP contribution >= 0.6 is 0 Å². The summed E-state index contributed by atoms with van der Waals surface area (Å²) >= 11 is 0. The van der Waals surface area contributed by atoms with E-state index in [-0.39, 0.29) is 17.4 Å². The summed E-state index contributed by atoms with van der Waals surface area (Å²) in [7, 11) is 0. The first-order chi connectivity index (χ1) is 12.0. The molecule has 1 saturated heterocycles. The van der Waals surface area contributed by atoms with Crippen molar-refractivity contribution in [1.29, 1.82) is 0 Å². The average molecular weight is 341 g/mol. The number of phenols is 2. The highest BCUT2D eigenvalue weighted by Crippen LogP contribution is 2.38. The van der Waals surface area contributed by atoms with Crippen molar-refractivity contribution < 1.29 is 15.3 Å². The van der Waals surface area contributed by atoms with E-state index in [9.17, 15) is 15.3 Å². The van der Waals surface area contributed by atoms with Crippen molar-refractivity contribution in [3.05, 3.63) is 59.2 Å². The summed E-state index contributed by atoms with van der Waals surface area (Å²) in [5, 5.41) is 30.2. The number of nitrogens with zero attached hydrogens (tertiary/aromatic N) is 1. The molecule has 134 valence electrons. The fourth-order valence-corrected chi connectivity index (χ4v) is 3.58. The van der Waals surface area contributed by atoms with Crippen molar-refractivity contribution in [2.75, 3.05) is 19.6 Å². The first-order valence-electron chi connectivity index (χ1n) is 9.01. The molecule has 3 N–H and O–H groups in total. The molecule has 25 heavy (non-hydrogen) atoms. The molecule has 0 radical (unpaired) electrons. The van der Waals surface area contributed by atoms with Crippen LogP contribution < -0.4 is 0 Å². The second-order valence-electron chi connectivity index (χ2n) is 7.07. The minimum Gasteiger partial charge on any atom is -0.504 e. The number of hydrogen-bond acceptors (Lipinski definition) is 4. The number of aliphatic hydroxyl groups is 1. The van der Waals surface area contributed by atoms with Crippen LogP contribution in [0.1, 0.15) is 35.6 Å². The second-order valence-corrected chi connectivity index (χ2v) is 7.07. The van der Waals surface area contributed by atoms with Crippen LogP contribution in [-0.4, -0.2) is 39.9 Å². The van der Waals surface area contributed by atoms with Crippen LogP contribution in [0.3, 0.4) is 0 Å². The van der Waals surface area contributed by atoms with E-state index < -0.39 is 6.10 Å². The zero-order valence-corrected chi connectivity index (χ0v) is 14.7. The molecule has 3 rings (SSSR count). The van der Waals surface area contributed by atoms with Gasteiger partial charge in [-0.3, -0.25) is 0 Å². The van der Waals surface area contributed by atoms with E-state index >= 15 is 0 Å². The lowest BCUT2D eigenvalue weighted by Crippen LogP contribution is -2.36. The third-order valence-corrected chi connectivity index (χ3v) is 5.28. The van der Waals surface area contributed by atoms with E-state index in [0.717, 1.165) is 38.9 Å². The summed E-state index contributed by atoms with van der Waals surface area (Å²) in [6.45, 7) is 5.04. The predicted octanol–water partition coefficient (Wildman–Crippen LogP) is 3.39. The van der Waals surface area contributed by atoms with Gasteiger partial charge in [0.15, 0.2) is 11.5 Å². The number of rotatable bonds is 5. The Bertz CT molecular complexity index is 691. The molecule has 0 bridgehead atoms. The number of piperidine rings is 1. The van der Waals surface area contributed by atoms with Crippen molar-refractivity contribution >= 4 is 0 Å². The summed E-state index contributed by atoms with van der Waals surface area (Å²) in [5.41, 5.74) is 3.07. The number of aliphatic hydroxyl groups excluding tert-OH is 1. The molecular weight excluding hydrogens is 314 g/mol. The number of phenolic OH excluding ortho intramolecular Hbond substituents is 2. The number of hydrogen-bond donors (Lipinski definition) is 3. The molecule has 0 unspecified atom stereocenters. The van der Waals surface area contributed by atoms with Crippen molar-refractivity contribution in [1.82, 2.24) is 4.90 Å². The Morgan fingerprint density at radius 3 is 2.40 bits per heavy atom. The molecule has 0 saturated carbocycles. The van der Waals surface area contributed by atoms with Crippen LogP contribution in [0.25, 0.3) is 0 Å². The number of likely N-dealkylation sites (tertiary alicyclic amines) is 1. The summed E-state index contributed by atoms with van der Waals surface area (Å²) in [5.74, 6) is -0.257. The Hall–Kier alpha value is -2.04. The quantitative estimate of drug-likeness (QED) is 0.730. The number of para-hydroxylation sites is 1. The summed E-state index contributed by atoms with van der Waals surface area (Å²) in [6.07, 6.45) is 2.10. The van der Waals surface area contributed by atoms with Crippen LogP contribution in [0, 0.1) is 12.8 Å². The van der Waals surface area contributed by atoms with Gasteiger partial charge in [-0.15, -0.1) is 0 Å². The molecule has 2 aromatic rings. The molecule has 0 aliphatic carbocycles. The lowest BCUT2D eigenvalue weighted by Gasteiger charge is -2.34. The lowest BCUT2D eigenvalue weighted by molar-refractivity contribution is 0.0573. The van der Waals surface area contributed by atoms with Gasteiger partial charge in [-0.2, -0.15) is 0 Å². The van der Waals surface area contributed by atoms with Gasteiger partial charge < -0.3 is 20.2 Å². The van der Waals surface area contributed by atoms with E-state index in [1.165, 1.54) is 17.2 Å². The molecule has 1 aliphatic rings. The predicted molar refractivity (Wildman–Crippen MR) is 98.8 cm³/mol. The maximum atomic E-state index is 10.6. The highest BCUT2D eigenvalue weighted by Gasteiger charge is 2.28. The van der Waals surface area contributed by atoms with Gasteiger partial charge in [0.05, 0.1) is 6.10 Å². The van der Waals surface area contributed by atoms with Gasteiger partial charge in [0.2, 0.25) is 0 Å². The molecule has 1 heterocycles. The molecule has 0 spiro atoms. The average Bonchev–Trinajstić information content (AvgIpc) is 2.63. The van der Waals surface area contributed by atoms with Gasteiger partial charge in [0, 0.05) is 12.1 Å². The van der Waals surface area contributed by atoms with Crippen LogP contribution in [0.5, 0.6) is 11.5 Å². The largest absolute Gasteiger partial charge is 0.504 e. The smallest absolute Gasteiger partial charge is 0.163 e. The van der Waals surface area contributed by atoms with Gasteiger partial charge in [-0.25, -0.2) is 0 Å². The zero-order chi connectivity index (χ0) is 17.8. The highest BCUT2D eigenvalue weighted by molar-refractivity contribution is 5.45. The SMILES string of the molecule is Cc1ccc(CCN2CCC([C@@H](O)c3cccc(O)c3O)CC2)cc1. The summed E-state index contributed by atoms with van der Waals surface area (Å²) in [6, 6.07) is 13.5. The van der Waals surface area contributed by atoms with Crippen molar-refractivity contribution in [2.45, 2.75) is 32.3 Å². The van der Waals surface area contributed by atoms with Crippen LogP contribution in [-0.2, 0) is 6.42 Å². The van der Waals surface area contributed by atoms with Crippen molar-refractivity contribution in [3.63, 3.8) is 0 Å². The number of aryl methyl sites for hydroxylation is 1. The molecule has 1 fully saturated rings. The van der Waals surface area contributed by atoms with Crippen molar-refractivity contribution in [2.24, 2.45) is 5.92 Å². The first kappa shape index (κ1) is 17.8. The number of aromatic hydroxyl groups is 2. The van der Waals surface area contributed by atoms with Gasteiger partial charge in [-0.1, -0.05) is 42.0 Å². The topological polar surface area (TPSA) is 63.9 Å². The molecule has 2 aromatic carbocycles. The summed E-state index contributed by atoms with van der Waals surface area (Å²) < 4.78 is 0. The Balaban J connectivity index is 1.51. The molecule has 0 amide bonds. The normalized spacial score (nSPS) is 17.5. The van der Waals surface area contributed by atoms with Gasteiger partial charge >= 0.3 is 0 Å². The van der Waals surface area contributed by atoms with Gasteiger partial charge in [0.25, 0.3) is 0 Å². The second kappa shape index (κ2) is 7.89. The van der Waals surface area contributed by atoms with Crippen LogP contribution in [0.15, 0.2) is 42.5 Å². The Labute approximate surface area is 149 Å². The molecule has 4 nitrogen and oxygen atoms in total. The summed E-state index contributed by atoms with van der Waals surface area (Å²) in [4.78, 5) is 2.44. The van der Waals surface area contributed by atoms with Crippen LogP contribution in [0.4, 0.5) is 0 Å². The molecule has 1 atom stereocenters. The zero-order valence-electron chi connectivity index (χ0n) is 14.7. The van der Waals surface area contributed by atoms with Crippen molar-refractivity contribution in [3.8, 4) is 11.5 Å². The molecule has 0 aromatic heterocycles. The fourth-order valence-electron chi connectivity index (χ4n) is 3.58. The first-order valence-corrected chi connectivity index (χ1v) is 9.01. The maximum Gasteiger partial charge on any atom is 0.163 e. The van der Waals surface area contributed by atoms with E-state index in [1.54, 1.807) is 12.1 Å². The highest BCUT2D eigenvalue weighted by atomic mass is 16.3. The third kappa shape index (κ3) is 4.33. The van der Waals surface area contributed by atoms with E-state index in [2.05, 4.69) is 36.1 Å². The van der Waals surface area contributed by atoms with Gasteiger partial charge in [-0.05, 0) is 56.8 Å². The monoisotopic (exact) mass is 341 g/mol. The third-order valence-electron chi connectivity index (χ3n) is 5.28. The Kier molecular flexibility index (Phi) is 5.61. The molecule has 4 heteroatoms. The minimum atomic E-state index is -0.730. The fraction of sp³-hybridized carbons (Fsp3) is 0.429. The molecule has 1 aliphatic heterocycles. The van der Waals surface area contributed by atoms with E-state index in [0.29, 0.717) is 5.56 Å². The van der Waals surface area contributed by atoms with E-state index in [1.807, 2.05) is 0 Å². The molecular formula is C21H27NO3. The van der Waals surface area contributed by atoms with Crippen LogP contribution in [0.2, 0.25) is 0 Å². The minimum absolute atomic E-state index is 0.114. The maximum absolute atomic E-state index is 10.6.